The molecule has 0 aliphatic carbocycles. The fourth-order valence-electron chi connectivity index (χ4n) is 2.41. The molecule has 1 aromatic heterocycles. The van der Waals surface area contributed by atoms with E-state index in [9.17, 15) is 14.0 Å². The zero-order valence-corrected chi connectivity index (χ0v) is 13.3. The van der Waals surface area contributed by atoms with E-state index in [4.69, 9.17) is 21.4 Å². The van der Waals surface area contributed by atoms with Crippen molar-refractivity contribution in [2.24, 2.45) is 0 Å². The number of methoxy groups -OCH3 is 1. The first-order chi connectivity index (χ1) is 10.8. The van der Waals surface area contributed by atoms with Gasteiger partial charge >= 0.3 is 5.97 Å². The van der Waals surface area contributed by atoms with Crippen LogP contribution in [0.2, 0.25) is 5.02 Å². The maximum Gasteiger partial charge on any atom is 0.305 e. The van der Waals surface area contributed by atoms with Crippen LogP contribution < -0.4 is 5.32 Å². The highest BCUT2D eigenvalue weighted by Crippen LogP contribution is 2.28. The number of carboxylic acid groups (broad SMARTS) is 1. The summed E-state index contributed by atoms with van der Waals surface area (Å²) in [4.78, 5) is 26.2. The molecule has 3 N–H and O–H groups in total. The topological polar surface area (TPSA) is 91.4 Å². The van der Waals surface area contributed by atoms with E-state index in [1.54, 1.807) is 6.92 Å². The third-order valence-electron chi connectivity index (χ3n) is 3.34. The first kappa shape index (κ1) is 17.2. The summed E-state index contributed by atoms with van der Waals surface area (Å²) in [6, 6.07) is 3.94. The van der Waals surface area contributed by atoms with Crippen molar-refractivity contribution in [2.75, 3.05) is 13.7 Å². The van der Waals surface area contributed by atoms with Crippen LogP contribution >= 0.6 is 11.6 Å². The van der Waals surface area contributed by atoms with Gasteiger partial charge in [-0.3, -0.25) is 9.59 Å². The molecule has 1 unspecified atom stereocenters. The van der Waals surface area contributed by atoms with Gasteiger partial charge in [-0.05, 0) is 25.1 Å². The lowest BCUT2D eigenvalue weighted by molar-refractivity contribution is -0.139. The van der Waals surface area contributed by atoms with Crippen molar-refractivity contribution in [1.29, 1.82) is 0 Å². The third kappa shape index (κ3) is 3.80. The number of aliphatic carboxylic acids is 1. The number of hydrogen-bond donors (Lipinski definition) is 3. The van der Waals surface area contributed by atoms with Gasteiger partial charge in [0.25, 0.3) is 5.91 Å². The number of aromatic nitrogens is 1. The van der Waals surface area contributed by atoms with Crippen molar-refractivity contribution in [3.63, 3.8) is 0 Å². The number of fused-ring (bicyclic) bond motifs is 1. The zero-order valence-electron chi connectivity index (χ0n) is 12.6. The lowest BCUT2D eigenvalue weighted by Gasteiger charge is -2.28. The van der Waals surface area contributed by atoms with Gasteiger partial charge in [0.1, 0.15) is 11.5 Å². The molecule has 1 heterocycles. The van der Waals surface area contributed by atoms with Gasteiger partial charge in [-0.2, -0.15) is 0 Å². The van der Waals surface area contributed by atoms with E-state index in [0.29, 0.717) is 10.9 Å². The van der Waals surface area contributed by atoms with E-state index in [1.807, 2.05) is 0 Å². The average molecular weight is 343 g/mol. The first-order valence-corrected chi connectivity index (χ1v) is 7.13. The fraction of sp³-hybridized carbons (Fsp3) is 0.333. The van der Waals surface area contributed by atoms with E-state index in [-0.39, 0.29) is 23.7 Å². The lowest BCUT2D eigenvalue weighted by atomic mass is 9.98. The Labute approximate surface area is 136 Å². The normalized spacial score (nSPS) is 13.7. The van der Waals surface area contributed by atoms with Crippen LogP contribution in [0.25, 0.3) is 10.9 Å². The monoisotopic (exact) mass is 342 g/mol. The molecule has 0 fully saturated rings. The summed E-state index contributed by atoms with van der Waals surface area (Å²) >= 11 is 6.13. The Kier molecular flexibility index (Phi) is 4.91. The van der Waals surface area contributed by atoms with E-state index >= 15 is 0 Å². The van der Waals surface area contributed by atoms with Gasteiger partial charge in [0, 0.05) is 18.0 Å². The van der Waals surface area contributed by atoms with Gasteiger partial charge < -0.3 is 20.1 Å². The molecule has 1 atom stereocenters. The molecule has 0 saturated carbocycles. The van der Waals surface area contributed by atoms with Crippen LogP contribution in [0, 0.1) is 5.82 Å². The first-order valence-electron chi connectivity index (χ1n) is 6.76. The molecule has 124 valence electrons. The van der Waals surface area contributed by atoms with Gasteiger partial charge in [0.05, 0.1) is 23.6 Å². The molecule has 1 aromatic carbocycles. The van der Waals surface area contributed by atoms with Gasteiger partial charge in [-0.1, -0.05) is 11.6 Å². The minimum atomic E-state index is -1.11. The van der Waals surface area contributed by atoms with Crippen LogP contribution in [0.1, 0.15) is 23.8 Å². The molecular weight excluding hydrogens is 327 g/mol. The van der Waals surface area contributed by atoms with Crippen LogP contribution in [-0.2, 0) is 9.53 Å². The Hall–Kier alpha value is -2.12. The summed E-state index contributed by atoms with van der Waals surface area (Å²) in [5.74, 6) is -2.14. The maximum atomic E-state index is 13.3. The summed E-state index contributed by atoms with van der Waals surface area (Å²) in [5.41, 5.74) is -0.558. The number of benzene rings is 1. The third-order valence-corrected chi connectivity index (χ3v) is 3.74. The number of carbonyl (C=O) groups excluding carboxylic acids is 1. The molecule has 0 aliphatic heterocycles. The van der Waals surface area contributed by atoms with Crippen LogP contribution in [-0.4, -0.2) is 41.2 Å². The number of rotatable bonds is 6. The summed E-state index contributed by atoms with van der Waals surface area (Å²) in [7, 11) is 1.41. The highest BCUT2D eigenvalue weighted by Gasteiger charge is 2.31. The van der Waals surface area contributed by atoms with Crippen LogP contribution in [0.5, 0.6) is 0 Å². The van der Waals surface area contributed by atoms with E-state index in [1.165, 1.54) is 25.3 Å². The predicted octanol–water partition coefficient (Wildman–Crippen LogP) is 2.57. The highest BCUT2D eigenvalue weighted by atomic mass is 35.5. The number of aromatic amines is 1. The largest absolute Gasteiger partial charge is 0.481 e. The Bertz CT molecular complexity index is 761. The zero-order chi connectivity index (χ0) is 17.2. The number of nitrogens with one attached hydrogen (secondary N) is 2. The van der Waals surface area contributed by atoms with Gasteiger partial charge in [0.15, 0.2) is 0 Å². The molecule has 2 rings (SSSR count). The molecule has 8 heteroatoms. The molecular formula is C15H16ClFN2O4. The summed E-state index contributed by atoms with van der Waals surface area (Å²) in [5, 5.41) is 12.0. The highest BCUT2D eigenvalue weighted by molar-refractivity contribution is 6.38. The lowest BCUT2D eigenvalue weighted by Crippen LogP contribution is -2.50. The number of hydrogen-bond acceptors (Lipinski definition) is 3. The molecule has 2 aromatic rings. The SMILES string of the molecule is COCC(C)(CC(=O)O)NC(=O)c1[nH]c2ccc(F)cc2c1Cl. The Morgan fingerprint density at radius 1 is 1.48 bits per heavy atom. The molecule has 1 amide bonds. The minimum absolute atomic E-state index is 0.0114. The predicted molar refractivity (Wildman–Crippen MR) is 83.3 cm³/mol. The van der Waals surface area contributed by atoms with Gasteiger partial charge in [-0.15, -0.1) is 0 Å². The average Bonchev–Trinajstić information content (AvgIpc) is 2.75. The van der Waals surface area contributed by atoms with E-state index in [0.717, 1.165) is 0 Å². The van der Waals surface area contributed by atoms with E-state index < -0.39 is 23.2 Å². The molecule has 0 aliphatic rings. The standard InChI is InChI=1S/C15H16ClFN2O4/c1-15(7-23-2,6-11(20)21)19-14(22)13-12(16)9-5-8(17)3-4-10(9)18-13/h3-5,18H,6-7H2,1-2H3,(H,19,22)(H,20,21). The molecule has 0 spiro atoms. The summed E-state index contributed by atoms with van der Waals surface area (Å²) in [6.45, 7) is 1.57. The molecule has 0 saturated heterocycles. The second-order valence-corrected chi connectivity index (χ2v) is 5.90. The molecule has 23 heavy (non-hydrogen) atoms. The Balaban J connectivity index is 2.32. The number of amides is 1. The smallest absolute Gasteiger partial charge is 0.305 e. The quantitative estimate of drug-likeness (QED) is 0.752. The van der Waals surface area contributed by atoms with Crippen LogP contribution in [0.3, 0.4) is 0 Å². The second-order valence-electron chi connectivity index (χ2n) is 5.52. The van der Waals surface area contributed by atoms with Crippen molar-refractivity contribution in [2.45, 2.75) is 18.9 Å². The Morgan fingerprint density at radius 3 is 2.78 bits per heavy atom. The van der Waals surface area contributed by atoms with E-state index in [2.05, 4.69) is 10.3 Å². The maximum absolute atomic E-state index is 13.3. The fourth-order valence-corrected chi connectivity index (χ4v) is 2.70. The van der Waals surface area contributed by atoms with Crippen molar-refractivity contribution in [3.05, 3.63) is 34.7 Å². The Morgan fingerprint density at radius 2 is 2.17 bits per heavy atom. The molecule has 6 nitrogen and oxygen atoms in total. The summed E-state index contributed by atoms with van der Waals surface area (Å²) in [6.07, 6.45) is -0.320. The number of ether oxygens (including phenoxy) is 1. The number of H-pyrrole nitrogens is 1. The van der Waals surface area contributed by atoms with Crippen molar-refractivity contribution in [3.8, 4) is 0 Å². The van der Waals surface area contributed by atoms with Crippen LogP contribution in [0.4, 0.5) is 4.39 Å². The van der Waals surface area contributed by atoms with Crippen molar-refractivity contribution < 1.29 is 23.8 Å². The summed E-state index contributed by atoms with van der Waals surface area (Å²) < 4.78 is 18.3. The number of halogens is 2. The molecule has 0 bridgehead atoms. The van der Waals surface area contributed by atoms with Crippen molar-refractivity contribution in [1.82, 2.24) is 10.3 Å². The van der Waals surface area contributed by atoms with Gasteiger partial charge in [-0.25, -0.2) is 4.39 Å². The van der Waals surface area contributed by atoms with Gasteiger partial charge in [0.2, 0.25) is 0 Å². The number of carboxylic acids is 1. The minimum Gasteiger partial charge on any atom is -0.481 e. The number of carbonyl (C=O) groups is 2. The molecule has 0 radical (unpaired) electrons. The second kappa shape index (κ2) is 6.55. The van der Waals surface area contributed by atoms with Crippen LogP contribution in [0.15, 0.2) is 18.2 Å². The van der Waals surface area contributed by atoms with Crippen molar-refractivity contribution >= 4 is 34.4 Å².